The van der Waals surface area contributed by atoms with Gasteiger partial charge in [-0.05, 0) is 49.6 Å². The number of hydrogen-bond acceptors (Lipinski definition) is 1. The molecule has 1 heteroatoms. The van der Waals surface area contributed by atoms with E-state index in [0.717, 1.165) is 5.41 Å². The third kappa shape index (κ3) is 2.96. The van der Waals surface area contributed by atoms with Gasteiger partial charge in [0.1, 0.15) is 0 Å². The van der Waals surface area contributed by atoms with Crippen LogP contribution in [0, 0.1) is 10.8 Å². The molecular weight excluding hydrogens is 182 g/mol. The first kappa shape index (κ1) is 11.4. The van der Waals surface area contributed by atoms with Crippen LogP contribution >= 0.6 is 0 Å². The van der Waals surface area contributed by atoms with Crippen LogP contribution in [0.15, 0.2) is 0 Å². The second kappa shape index (κ2) is 4.08. The molecule has 1 nitrogen and oxygen atoms in total. The number of piperidine rings is 1. The molecule has 0 bridgehead atoms. The molecule has 0 amide bonds. The van der Waals surface area contributed by atoms with Crippen LogP contribution in [0.4, 0.5) is 0 Å². The van der Waals surface area contributed by atoms with Gasteiger partial charge in [-0.1, -0.05) is 33.6 Å². The zero-order chi connectivity index (χ0) is 10.9. The molecule has 0 N–H and O–H groups in total. The molecule has 1 saturated heterocycles. The molecule has 2 rings (SSSR count). The predicted molar refractivity (Wildman–Crippen MR) is 66.0 cm³/mol. The minimum Gasteiger partial charge on any atom is -0.303 e. The van der Waals surface area contributed by atoms with Crippen LogP contribution in [0.3, 0.4) is 0 Å². The van der Waals surface area contributed by atoms with Gasteiger partial charge in [0, 0.05) is 6.54 Å². The van der Waals surface area contributed by atoms with Gasteiger partial charge in [-0.3, -0.25) is 0 Å². The summed E-state index contributed by atoms with van der Waals surface area (Å²) in [4.78, 5) is 2.68. The molecule has 1 saturated carbocycles. The van der Waals surface area contributed by atoms with E-state index in [1.807, 2.05) is 0 Å². The first-order valence-corrected chi connectivity index (χ1v) is 6.72. The van der Waals surface area contributed by atoms with Crippen molar-refractivity contribution in [2.45, 2.75) is 59.3 Å². The average molecular weight is 209 g/mol. The van der Waals surface area contributed by atoms with E-state index in [1.165, 1.54) is 58.2 Å². The van der Waals surface area contributed by atoms with Gasteiger partial charge < -0.3 is 4.90 Å². The lowest BCUT2D eigenvalue weighted by atomic mass is 9.76. The zero-order valence-electron chi connectivity index (χ0n) is 10.8. The number of likely N-dealkylation sites (tertiary alicyclic amines) is 1. The van der Waals surface area contributed by atoms with E-state index in [0.29, 0.717) is 5.41 Å². The first-order valence-electron chi connectivity index (χ1n) is 6.72. The van der Waals surface area contributed by atoms with Crippen molar-refractivity contribution in [3.8, 4) is 0 Å². The SMILES string of the molecule is CC(C)(C)CN1CCC2(CCCC2)CC1. The Morgan fingerprint density at radius 2 is 1.47 bits per heavy atom. The molecule has 0 aromatic carbocycles. The normalized spacial score (nSPS) is 27.4. The fourth-order valence-electron chi connectivity index (χ4n) is 3.48. The molecule has 1 aliphatic carbocycles. The molecule has 0 atom stereocenters. The highest BCUT2D eigenvalue weighted by atomic mass is 15.1. The lowest BCUT2D eigenvalue weighted by Gasteiger charge is -2.41. The van der Waals surface area contributed by atoms with E-state index >= 15 is 0 Å². The largest absolute Gasteiger partial charge is 0.303 e. The minimum absolute atomic E-state index is 0.472. The summed E-state index contributed by atoms with van der Waals surface area (Å²) in [6.45, 7) is 11.1. The van der Waals surface area contributed by atoms with Gasteiger partial charge in [-0.25, -0.2) is 0 Å². The Labute approximate surface area is 95.2 Å². The Hall–Kier alpha value is -0.0400. The second-order valence-corrected chi connectivity index (χ2v) is 7.04. The van der Waals surface area contributed by atoms with Gasteiger partial charge in [0.25, 0.3) is 0 Å². The summed E-state index contributed by atoms with van der Waals surface area (Å²) >= 11 is 0. The van der Waals surface area contributed by atoms with Crippen LogP contribution in [0.2, 0.25) is 0 Å². The third-order valence-corrected chi connectivity index (χ3v) is 4.28. The van der Waals surface area contributed by atoms with Crippen molar-refractivity contribution < 1.29 is 0 Å². The number of rotatable bonds is 1. The van der Waals surface area contributed by atoms with Crippen LogP contribution < -0.4 is 0 Å². The lowest BCUT2D eigenvalue weighted by molar-refractivity contribution is 0.0830. The van der Waals surface area contributed by atoms with Gasteiger partial charge in [-0.15, -0.1) is 0 Å². The van der Waals surface area contributed by atoms with Crippen LogP contribution in [0.25, 0.3) is 0 Å². The molecule has 0 aromatic rings. The Morgan fingerprint density at radius 1 is 0.933 bits per heavy atom. The molecule has 15 heavy (non-hydrogen) atoms. The van der Waals surface area contributed by atoms with Crippen molar-refractivity contribution in [3.05, 3.63) is 0 Å². The summed E-state index contributed by atoms with van der Waals surface area (Å²) in [6, 6.07) is 0. The zero-order valence-corrected chi connectivity index (χ0v) is 10.8. The topological polar surface area (TPSA) is 3.24 Å². The van der Waals surface area contributed by atoms with E-state index in [9.17, 15) is 0 Å². The smallest absolute Gasteiger partial charge is 0.00300 e. The van der Waals surface area contributed by atoms with Crippen molar-refractivity contribution in [1.29, 1.82) is 0 Å². The summed E-state index contributed by atoms with van der Waals surface area (Å²) < 4.78 is 0. The molecule has 0 radical (unpaired) electrons. The summed E-state index contributed by atoms with van der Waals surface area (Å²) in [5.74, 6) is 0. The summed E-state index contributed by atoms with van der Waals surface area (Å²) in [6.07, 6.45) is 9.00. The van der Waals surface area contributed by atoms with E-state index in [2.05, 4.69) is 25.7 Å². The molecule has 88 valence electrons. The number of nitrogens with zero attached hydrogens (tertiary/aromatic N) is 1. The second-order valence-electron chi connectivity index (χ2n) is 7.04. The highest BCUT2D eigenvalue weighted by Crippen LogP contribution is 2.46. The number of hydrogen-bond donors (Lipinski definition) is 0. The predicted octanol–water partition coefficient (Wildman–Crippen LogP) is 3.69. The molecule has 0 aromatic heterocycles. The van der Waals surface area contributed by atoms with E-state index in [4.69, 9.17) is 0 Å². The van der Waals surface area contributed by atoms with Gasteiger partial charge in [-0.2, -0.15) is 0 Å². The van der Waals surface area contributed by atoms with Gasteiger partial charge >= 0.3 is 0 Å². The van der Waals surface area contributed by atoms with E-state index < -0.39 is 0 Å². The van der Waals surface area contributed by atoms with E-state index in [-0.39, 0.29) is 0 Å². The van der Waals surface area contributed by atoms with Gasteiger partial charge in [0.15, 0.2) is 0 Å². The first-order chi connectivity index (χ1) is 6.99. The van der Waals surface area contributed by atoms with Crippen LogP contribution in [0.5, 0.6) is 0 Å². The fourth-order valence-corrected chi connectivity index (χ4v) is 3.48. The molecule has 1 heterocycles. The summed E-state index contributed by atoms with van der Waals surface area (Å²) in [7, 11) is 0. The molecule has 1 aliphatic heterocycles. The summed E-state index contributed by atoms with van der Waals surface area (Å²) in [5.41, 5.74) is 1.26. The van der Waals surface area contributed by atoms with Crippen LogP contribution in [-0.2, 0) is 0 Å². The Bertz CT molecular complexity index is 198. The third-order valence-electron chi connectivity index (χ3n) is 4.28. The molecule has 2 fully saturated rings. The highest BCUT2D eigenvalue weighted by Gasteiger charge is 2.37. The maximum Gasteiger partial charge on any atom is 0.00300 e. The van der Waals surface area contributed by atoms with Gasteiger partial charge in [0.2, 0.25) is 0 Å². The molecule has 1 spiro atoms. The van der Waals surface area contributed by atoms with Crippen LogP contribution in [-0.4, -0.2) is 24.5 Å². The highest BCUT2D eigenvalue weighted by molar-refractivity contribution is 4.90. The molecule has 0 unspecified atom stereocenters. The Kier molecular flexibility index (Phi) is 3.12. The average Bonchev–Trinajstić information content (AvgIpc) is 2.56. The summed E-state index contributed by atoms with van der Waals surface area (Å²) in [5, 5.41) is 0. The van der Waals surface area contributed by atoms with Crippen LogP contribution in [0.1, 0.15) is 59.3 Å². The minimum atomic E-state index is 0.472. The van der Waals surface area contributed by atoms with Gasteiger partial charge in [0.05, 0.1) is 0 Å². The molecule has 2 aliphatic rings. The van der Waals surface area contributed by atoms with Crippen molar-refractivity contribution in [1.82, 2.24) is 4.90 Å². The standard InChI is InChI=1S/C14H27N/c1-13(2,3)12-15-10-8-14(9-11-15)6-4-5-7-14/h4-12H2,1-3H3. The van der Waals surface area contributed by atoms with Crippen molar-refractivity contribution in [2.24, 2.45) is 10.8 Å². The molecular formula is C14H27N. The Balaban J connectivity index is 1.81. The lowest BCUT2D eigenvalue weighted by Crippen LogP contribution is -2.42. The van der Waals surface area contributed by atoms with Crippen molar-refractivity contribution in [2.75, 3.05) is 19.6 Å². The Morgan fingerprint density at radius 3 is 1.93 bits per heavy atom. The maximum absolute atomic E-state index is 2.68. The van der Waals surface area contributed by atoms with Crippen molar-refractivity contribution >= 4 is 0 Å². The fraction of sp³-hybridized carbons (Fsp3) is 1.00. The quantitative estimate of drug-likeness (QED) is 0.636. The van der Waals surface area contributed by atoms with Crippen molar-refractivity contribution in [3.63, 3.8) is 0 Å². The maximum atomic E-state index is 2.68. The monoisotopic (exact) mass is 209 g/mol. The van der Waals surface area contributed by atoms with E-state index in [1.54, 1.807) is 0 Å².